The lowest BCUT2D eigenvalue weighted by molar-refractivity contribution is 0.0953. The van der Waals surface area contributed by atoms with E-state index in [1.807, 2.05) is 25.1 Å². The zero-order valence-electron chi connectivity index (χ0n) is 14.8. The van der Waals surface area contributed by atoms with Gasteiger partial charge < -0.3 is 15.0 Å². The molecule has 0 aromatic heterocycles. The molecule has 0 aliphatic carbocycles. The number of nitrogens with zero attached hydrogens (tertiary/aromatic N) is 1. The number of hydrogen-bond donors (Lipinski definition) is 2. The summed E-state index contributed by atoms with van der Waals surface area (Å²) in [5.41, 5.74) is 2.56. The molecule has 0 saturated heterocycles. The number of ether oxygens (including phenoxy) is 1. The van der Waals surface area contributed by atoms with Gasteiger partial charge in [-0.15, -0.1) is 0 Å². The number of amidine groups is 1. The fourth-order valence-electron chi connectivity index (χ4n) is 3.04. The fourth-order valence-corrected chi connectivity index (χ4v) is 3.04. The Labute approximate surface area is 152 Å². The van der Waals surface area contributed by atoms with Gasteiger partial charge in [0.15, 0.2) is 5.78 Å². The lowest BCUT2D eigenvalue weighted by Gasteiger charge is -2.16. The molecule has 0 saturated carbocycles. The van der Waals surface area contributed by atoms with Crippen LogP contribution in [0.25, 0.3) is 0 Å². The minimum atomic E-state index is -0.261. The van der Waals surface area contributed by atoms with Crippen molar-refractivity contribution in [1.82, 2.24) is 10.2 Å². The zero-order chi connectivity index (χ0) is 18.7. The van der Waals surface area contributed by atoms with E-state index in [-0.39, 0.29) is 24.1 Å². The number of carbonyl (C=O) groups is 2. The summed E-state index contributed by atoms with van der Waals surface area (Å²) in [6.07, 6.45) is 0. The molecular weight excluding hydrogens is 330 g/mol. The van der Waals surface area contributed by atoms with Crippen LogP contribution in [-0.2, 0) is 6.54 Å². The number of rotatable bonds is 6. The summed E-state index contributed by atoms with van der Waals surface area (Å²) in [5, 5.41) is 11.0. The third-order valence-corrected chi connectivity index (χ3v) is 4.34. The van der Waals surface area contributed by atoms with E-state index in [2.05, 4.69) is 5.32 Å². The normalized spacial score (nSPS) is 12.7. The molecule has 0 bridgehead atoms. The number of hydrogen-bond acceptors (Lipinski definition) is 4. The van der Waals surface area contributed by atoms with Gasteiger partial charge in [0.2, 0.25) is 0 Å². The Balaban J connectivity index is 1.86. The molecular formula is C20H21N3O3. The lowest BCUT2D eigenvalue weighted by atomic mass is 10.0. The van der Waals surface area contributed by atoms with Gasteiger partial charge in [0, 0.05) is 24.7 Å². The maximum absolute atomic E-state index is 12.5. The first-order valence-corrected chi connectivity index (χ1v) is 8.49. The van der Waals surface area contributed by atoms with Crippen LogP contribution in [0.5, 0.6) is 5.75 Å². The van der Waals surface area contributed by atoms with Crippen LogP contribution < -0.4 is 10.1 Å². The van der Waals surface area contributed by atoms with Crippen molar-refractivity contribution in [3.05, 3.63) is 64.7 Å². The Morgan fingerprint density at radius 3 is 2.62 bits per heavy atom. The van der Waals surface area contributed by atoms with E-state index in [4.69, 9.17) is 10.1 Å². The van der Waals surface area contributed by atoms with Crippen molar-refractivity contribution in [3.63, 3.8) is 0 Å². The largest absolute Gasteiger partial charge is 0.493 e. The fraction of sp³-hybridized carbons (Fsp3) is 0.250. The topological polar surface area (TPSA) is 82.5 Å². The van der Waals surface area contributed by atoms with E-state index in [1.54, 1.807) is 36.2 Å². The highest BCUT2D eigenvalue weighted by molar-refractivity contribution is 6.07. The first kappa shape index (κ1) is 17.7. The van der Waals surface area contributed by atoms with Crippen molar-refractivity contribution < 1.29 is 14.3 Å². The Kier molecular flexibility index (Phi) is 5.02. The molecule has 1 aliphatic rings. The second-order valence-electron chi connectivity index (χ2n) is 6.01. The van der Waals surface area contributed by atoms with Gasteiger partial charge in [-0.3, -0.25) is 15.0 Å². The van der Waals surface area contributed by atoms with Gasteiger partial charge in [0.05, 0.1) is 18.7 Å². The van der Waals surface area contributed by atoms with Crippen molar-refractivity contribution in [1.29, 1.82) is 5.41 Å². The average molecular weight is 351 g/mol. The van der Waals surface area contributed by atoms with Gasteiger partial charge in [-0.05, 0) is 24.6 Å². The first-order chi connectivity index (χ1) is 12.5. The second kappa shape index (κ2) is 7.39. The van der Waals surface area contributed by atoms with Crippen LogP contribution in [0, 0.1) is 5.41 Å². The molecule has 6 heteroatoms. The van der Waals surface area contributed by atoms with Crippen molar-refractivity contribution in [2.45, 2.75) is 13.5 Å². The van der Waals surface area contributed by atoms with Crippen LogP contribution in [0.3, 0.4) is 0 Å². The van der Waals surface area contributed by atoms with Crippen LogP contribution in [0.15, 0.2) is 42.5 Å². The molecule has 1 aliphatic heterocycles. The van der Waals surface area contributed by atoms with E-state index in [1.165, 1.54) is 0 Å². The van der Waals surface area contributed by atoms with E-state index < -0.39 is 0 Å². The Hall–Kier alpha value is -3.15. The predicted molar refractivity (Wildman–Crippen MR) is 99.0 cm³/mol. The number of benzene rings is 2. The molecule has 0 unspecified atom stereocenters. The molecule has 2 aromatic carbocycles. The van der Waals surface area contributed by atoms with Crippen molar-refractivity contribution >= 4 is 17.5 Å². The summed E-state index contributed by atoms with van der Waals surface area (Å²) >= 11 is 0. The standard InChI is InChI=1S/C20H21N3O3/c1-3-26-18-9-14-11-23(12-17(24)13-7-5-4-6-8-13)19(21)15(14)10-16(18)20(25)22-2/h4-10,21H,3,11-12H2,1-2H3,(H,22,25). The van der Waals surface area contributed by atoms with Crippen LogP contribution >= 0.6 is 0 Å². The SMILES string of the molecule is CCOc1cc2c(cc1C(=O)NC)C(=N)N(CC(=O)c1ccccc1)C2. The molecule has 0 fully saturated rings. The summed E-state index contributed by atoms with van der Waals surface area (Å²) in [6, 6.07) is 12.5. The molecule has 1 amide bonds. The monoisotopic (exact) mass is 351 g/mol. The average Bonchev–Trinajstić information content (AvgIpc) is 2.96. The second-order valence-corrected chi connectivity index (χ2v) is 6.01. The summed E-state index contributed by atoms with van der Waals surface area (Å²) in [6.45, 7) is 2.86. The van der Waals surface area contributed by atoms with E-state index >= 15 is 0 Å². The number of nitrogens with one attached hydrogen (secondary N) is 2. The van der Waals surface area contributed by atoms with Gasteiger partial charge in [0.1, 0.15) is 11.6 Å². The number of Topliss-reactive ketones (excluding diaryl/α,β-unsaturated/α-hetero) is 1. The van der Waals surface area contributed by atoms with Crippen LogP contribution in [-0.4, -0.2) is 42.6 Å². The summed E-state index contributed by atoms with van der Waals surface area (Å²) < 4.78 is 5.59. The number of ketones is 1. The predicted octanol–water partition coefficient (Wildman–Crippen LogP) is 2.47. The maximum atomic E-state index is 12.5. The lowest BCUT2D eigenvalue weighted by Crippen LogP contribution is -2.30. The molecule has 2 N–H and O–H groups in total. The van der Waals surface area contributed by atoms with E-state index in [0.717, 1.165) is 5.56 Å². The van der Waals surface area contributed by atoms with Gasteiger partial charge in [-0.25, -0.2) is 0 Å². The van der Waals surface area contributed by atoms with Gasteiger partial charge in [-0.2, -0.15) is 0 Å². The Bertz CT molecular complexity index is 862. The molecule has 0 radical (unpaired) electrons. The molecule has 0 atom stereocenters. The summed E-state index contributed by atoms with van der Waals surface area (Å²) in [4.78, 5) is 26.3. The zero-order valence-corrected chi connectivity index (χ0v) is 14.8. The minimum Gasteiger partial charge on any atom is -0.493 e. The highest BCUT2D eigenvalue weighted by Gasteiger charge is 2.29. The van der Waals surface area contributed by atoms with Crippen molar-refractivity contribution in [2.75, 3.05) is 20.2 Å². The number of carbonyl (C=O) groups excluding carboxylic acids is 2. The highest BCUT2D eigenvalue weighted by Crippen LogP contribution is 2.30. The third kappa shape index (κ3) is 3.31. The number of amides is 1. The first-order valence-electron chi connectivity index (χ1n) is 8.49. The summed E-state index contributed by atoms with van der Waals surface area (Å²) in [5.74, 6) is 0.440. The summed E-state index contributed by atoms with van der Waals surface area (Å²) in [7, 11) is 1.56. The Morgan fingerprint density at radius 1 is 1.23 bits per heavy atom. The van der Waals surface area contributed by atoms with E-state index in [9.17, 15) is 9.59 Å². The molecule has 1 heterocycles. The van der Waals surface area contributed by atoms with Gasteiger partial charge in [0.25, 0.3) is 5.91 Å². The Morgan fingerprint density at radius 2 is 1.96 bits per heavy atom. The van der Waals surface area contributed by atoms with Gasteiger partial charge in [-0.1, -0.05) is 30.3 Å². The van der Waals surface area contributed by atoms with E-state index in [0.29, 0.717) is 35.6 Å². The molecule has 6 nitrogen and oxygen atoms in total. The highest BCUT2D eigenvalue weighted by atomic mass is 16.5. The molecule has 2 aromatic rings. The minimum absolute atomic E-state index is 0.0419. The molecule has 3 rings (SSSR count). The molecule has 0 spiro atoms. The smallest absolute Gasteiger partial charge is 0.254 e. The number of fused-ring (bicyclic) bond motifs is 1. The van der Waals surface area contributed by atoms with Crippen LogP contribution in [0.1, 0.15) is 38.8 Å². The van der Waals surface area contributed by atoms with Gasteiger partial charge >= 0.3 is 0 Å². The molecule has 134 valence electrons. The van der Waals surface area contributed by atoms with Crippen molar-refractivity contribution in [2.24, 2.45) is 0 Å². The third-order valence-electron chi connectivity index (χ3n) is 4.34. The van der Waals surface area contributed by atoms with Crippen LogP contribution in [0.4, 0.5) is 0 Å². The quantitative estimate of drug-likeness (QED) is 0.783. The van der Waals surface area contributed by atoms with Crippen molar-refractivity contribution in [3.8, 4) is 5.75 Å². The molecule has 26 heavy (non-hydrogen) atoms. The maximum Gasteiger partial charge on any atom is 0.254 e. The van der Waals surface area contributed by atoms with Crippen LogP contribution in [0.2, 0.25) is 0 Å².